The fraction of sp³-hybridized carbons (Fsp3) is 0.250. The summed E-state index contributed by atoms with van der Waals surface area (Å²) in [4.78, 5) is 51.7. The lowest BCUT2D eigenvalue weighted by atomic mass is 10.1. The summed E-state index contributed by atoms with van der Waals surface area (Å²) in [5.41, 5.74) is 2.26. The van der Waals surface area contributed by atoms with Crippen molar-refractivity contribution in [3.63, 3.8) is 0 Å². The lowest BCUT2D eigenvalue weighted by Gasteiger charge is -2.27. The number of imide groups is 1. The van der Waals surface area contributed by atoms with E-state index in [4.69, 9.17) is 11.6 Å². The molecule has 3 rings (SSSR count). The molecule has 1 fully saturated rings. The first-order valence-corrected chi connectivity index (χ1v) is 10.6. The highest BCUT2D eigenvalue weighted by molar-refractivity contribution is 6.31. The zero-order valence-electron chi connectivity index (χ0n) is 17.5. The summed E-state index contributed by atoms with van der Waals surface area (Å²) in [5, 5.41) is 11.3. The predicted octanol–water partition coefficient (Wildman–Crippen LogP) is 1.91. The summed E-state index contributed by atoms with van der Waals surface area (Å²) in [7, 11) is 0. The van der Waals surface area contributed by atoms with Gasteiger partial charge in [-0.3, -0.25) is 14.4 Å². The molecule has 1 heterocycles. The van der Waals surface area contributed by atoms with E-state index in [0.717, 1.165) is 28.5 Å². The smallest absolute Gasteiger partial charge is 0.257 e. The van der Waals surface area contributed by atoms with Crippen molar-refractivity contribution < 1.29 is 24.3 Å². The van der Waals surface area contributed by atoms with Crippen molar-refractivity contribution in [3.05, 3.63) is 76.8 Å². The Bertz CT molecular complexity index is 1060. The summed E-state index contributed by atoms with van der Waals surface area (Å²) < 4.78 is 0. The second kappa shape index (κ2) is 10.2. The molecule has 2 aromatic rings. The number of aryl methyl sites for hydroxylation is 1. The fourth-order valence-corrected chi connectivity index (χ4v) is 3.84. The Balaban J connectivity index is 1.86. The van der Waals surface area contributed by atoms with Gasteiger partial charge in [0.1, 0.15) is 6.04 Å². The number of carboxylic acid groups (broad SMARTS) is 1. The van der Waals surface area contributed by atoms with E-state index < -0.39 is 29.7 Å². The van der Waals surface area contributed by atoms with Crippen molar-refractivity contribution in [2.75, 3.05) is 11.4 Å². The Hall–Kier alpha value is -3.45. The SMILES string of the molecule is CCc1ccc(N2C(=O)C[C@H](N(CCc3ccccc3Cl)C(=O)/C=C/C(=O)[O-])C2=O)cc1. The molecule has 8 heteroatoms. The van der Waals surface area contributed by atoms with Gasteiger partial charge in [-0.2, -0.15) is 0 Å². The number of carbonyl (C=O) groups excluding carboxylic acids is 4. The van der Waals surface area contributed by atoms with E-state index in [9.17, 15) is 24.3 Å². The average molecular weight is 454 g/mol. The van der Waals surface area contributed by atoms with Crippen molar-refractivity contribution >= 4 is 41.0 Å². The lowest BCUT2D eigenvalue weighted by Crippen LogP contribution is -2.46. The van der Waals surface area contributed by atoms with Crippen LogP contribution in [0.25, 0.3) is 0 Å². The van der Waals surface area contributed by atoms with Gasteiger partial charge in [0.2, 0.25) is 11.8 Å². The summed E-state index contributed by atoms with van der Waals surface area (Å²) in [6.45, 7) is 2.08. The summed E-state index contributed by atoms with van der Waals surface area (Å²) in [5.74, 6) is -3.19. The Morgan fingerprint density at radius 3 is 2.44 bits per heavy atom. The van der Waals surface area contributed by atoms with Crippen LogP contribution < -0.4 is 10.0 Å². The van der Waals surface area contributed by atoms with Crippen molar-refractivity contribution in [2.45, 2.75) is 32.2 Å². The molecule has 2 aromatic carbocycles. The van der Waals surface area contributed by atoms with E-state index >= 15 is 0 Å². The normalized spacial score (nSPS) is 16.1. The minimum Gasteiger partial charge on any atom is -0.545 e. The second-order valence-corrected chi connectivity index (χ2v) is 7.74. The first-order valence-electron chi connectivity index (χ1n) is 10.2. The van der Waals surface area contributed by atoms with Crippen LogP contribution in [-0.2, 0) is 32.0 Å². The van der Waals surface area contributed by atoms with Crippen LogP contribution in [-0.4, -0.2) is 41.2 Å². The van der Waals surface area contributed by atoms with Gasteiger partial charge in [0.25, 0.3) is 5.91 Å². The third-order valence-corrected chi connectivity index (χ3v) is 5.70. The Kier molecular flexibility index (Phi) is 7.43. The average Bonchev–Trinajstić information content (AvgIpc) is 3.07. The Labute approximate surface area is 190 Å². The number of benzene rings is 2. The van der Waals surface area contributed by atoms with E-state index in [1.807, 2.05) is 19.1 Å². The van der Waals surface area contributed by atoms with Crippen LogP contribution in [0, 0.1) is 0 Å². The molecule has 32 heavy (non-hydrogen) atoms. The fourth-order valence-electron chi connectivity index (χ4n) is 3.61. The van der Waals surface area contributed by atoms with E-state index in [2.05, 4.69) is 0 Å². The van der Waals surface area contributed by atoms with Gasteiger partial charge in [-0.1, -0.05) is 48.9 Å². The van der Waals surface area contributed by atoms with E-state index in [0.29, 0.717) is 23.2 Å². The van der Waals surface area contributed by atoms with Crippen LogP contribution >= 0.6 is 11.6 Å². The molecule has 7 nitrogen and oxygen atoms in total. The van der Waals surface area contributed by atoms with E-state index in [1.165, 1.54) is 4.90 Å². The molecule has 1 aliphatic heterocycles. The third kappa shape index (κ3) is 5.23. The predicted molar refractivity (Wildman–Crippen MR) is 118 cm³/mol. The summed E-state index contributed by atoms with van der Waals surface area (Å²) >= 11 is 6.20. The van der Waals surface area contributed by atoms with Crippen LogP contribution in [0.4, 0.5) is 5.69 Å². The van der Waals surface area contributed by atoms with Gasteiger partial charge in [0.05, 0.1) is 18.1 Å². The first kappa shape index (κ1) is 23.2. The van der Waals surface area contributed by atoms with Crippen molar-refractivity contribution in [3.8, 4) is 0 Å². The summed E-state index contributed by atoms with van der Waals surface area (Å²) in [6.07, 6.45) is 2.39. The maximum absolute atomic E-state index is 13.2. The number of anilines is 1. The van der Waals surface area contributed by atoms with Crippen LogP contribution in [0.5, 0.6) is 0 Å². The molecule has 0 radical (unpaired) electrons. The molecule has 0 unspecified atom stereocenters. The van der Waals surface area contributed by atoms with Crippen molar-refractivity contribution in [2.24, 2.45) is 0 Å². The number of amides is 3. The van der Waals surface area contributed by atoms with E-state index in [1.54, 1.807) is 36.4 Å². The molecule has 1 saturated heterocycles. The van der Waals surface area contributed by atoms with Gasteiger partial charge >= 0.3 is 0 Å². The molecule has 3 amide bonds. The molecule has 0 N–H and O–H groups in total. The minimum absolute atomic E-state index is 0.0756. The standard InChI is InChI=1S/C24H23ClN2O5/c1-2-16-7-9-18(10-8-16)27-22(29)15-20(24(27)32)26(21(28)11-12-23(30)31)14-13-17-5-3-4-6-19(17)25/h3-12,20H,2,13-15H2,1H3,(H,30,31)/p-1/b12-11+/t20-/m0/s1. The highest BCUT2D eigenvalue weighted by Crippen LogP contribution is 2.27. The number of rotatable bonds is 8. The first-order chi connectivity index (χ1) is 15.3. The highest BCUT2D eigenvalue weighted by atomic mass is 35.5. The van der Waals surface area contributed by atoms with E-state index in [-0.39, 0.29) is 13.0 Å². The topological polar surface area (TPSA) is 97.8 Å². The molecular formula is C24H22ClN2O5-. The molecular weight excluding hydrogens is 432 g/mol. The largest absolute Gasteiger partial charge is 0.545 e. The second-order valence-electron chi connectivity index (χ2n) is 7.33. The van der Waals surface area contributed by atoms with Gasteiger partial charge in [-0.15, -0.1) is 0 Å². The Morgan fingerprint density at radius 1 is 1.12 bits per heavy atom. The van der Waals surface area contributed by atoms with Gasteiger partial charge in [0, 0.05) is 17.6 Å². The number of carboxylic acids is 1. The third-order valence-electron chi connectivity index (χ3n) is 5.33. The molecule has 1 aliphatic rings. The minimum atomic E-state index is -1.53. The van der Waals surface area contributed by atoms with Gasteiger partial charge < -0.3 is 14.8 Å². The van der Waals surface area contributed by atoms with Crippen molar-refractivity contribution in [1.29, 1.82) is 0 Å². The van der Waals surface area contributed by atoms with Crippen LogP contribution in [0.2, 0.25) is 5.02 Å². The van der Waals surface area contributed by atoms with Crippen LogP contribution in [0.1, 0.15) is 24.5 Å². The zero-order chi connectivity index (χ0) is 23.3. The zero-order valence-corrected chi connectivity index (χ0v) is 18.2. The number of aliphatic carboxylic acids is 1. The van der Waals surface area contributed by atoms with Gasteiger partial charge in [-0.25, -0.2) is 4.90 Å². The number of halogens is 1. The molecule has 1 atom stereocenters. The summed E-state index contributed by atoms with van der Waals surface area (Å²) in [6, 6.07) is 13.1. The molecule has 0 spiro atoms. The molecule has 166 valence electrons. The number of hydrogen-bond acceptors (Lipinski definition) is 5. The van der Waals surface area contributed by atoms with Crippen molar-refractivity contribution in [1.82, 2.24) is 4.90 Å². The monoisotopic (exact) mass is 453 g/mol. The maximum Gasteiger partial charge on any atom is 0.257 e. The highest BCUT2D eigenvalue weighted by Gasteiger charge is 2.43. The maximum atomic E-state index is 13.2. The quantitative estimate of drug-likeness (QED) is 0.449. The molecule has 0 bridgehead atoms. The van der Waals surface area contributed by atoms with Gasteiger partial charge in [-0.05, 0) is 48.2 Å². The number of carbonyl (C=O) groups is 4. The molecule has 0 saturated carbocycles. The lowest BCUT2D eigenvalue weighted by molar-refractivity contribution is -0.297. The van der Waals surface area contributed by atoms with Crippen LogP contribution in [0.15, 0.2) is 60.7 Å². The molecule has 0 aromatic heterocycles. The van der Waals surface area contributed by atoms with Gasteiger partial charge in [0.15, 0.2) is 0 Å². The molecule has 0 aliphatic carbocycles. The number of nitrogens with zero attached hydrogens (tertiary/aromatic N) is 2. The Morgan fingerprint density at radius 2 is 1.81 bits per heavy atom. The number of hydrogen-bond donors (Lipinski definition) is 0. The van der Waals surface area contributed by atoms with Crippen LogP contribution in [0.3, 0.4) is 0 Å².